The summed E-state index contributed by atoms with van der Waals surface area (Å²) < 4.78 is 7.62. The summed E-state index contributed by atoms with van der Waals surface area (Å²) in [5, 5.41) is 20.7. The topological polar surface area (TPSA) is 87.7 Å². The number of fused-ring (bicyclic) bond motifs is 2. The van der Waals surface area contributed by atoms with Crippen LogP contribution in [-0.2, 0) is 0 Å². The van der Waals surface area contributed by atoms with Gasteiger partial charge in [-0.05, 0) is 91.5 Å². The summed E-state index contributed by atoms with van der Waals surface area (Å²) in [6, 6.07) is 11.6. The van der Waals surface area contributed by atoms with Gasteiger partial charge in [-0.15, -0.1) is 0 Å². The molecule has 1 aliphatic heterocycles. The van der Waals surface area contributed by atoms with Crippen LogP contribution < -0.4 is 5.43 Å². The monoisotopic (exact) mass is 710 g/mol. The molecule has 2 aliphatic rings. The molecular formula is C20H9I3O5. The molecule has 0 unspecified atom stereocenters. The molecule has 0 spiro atoms. The average molecular weight is 710 g/mol. The lowest BCUT2D eigenvalue weighted by Gasteiger charge is -2.18. The van der Waals surface area contributed by atoms with Crippen molar-refractivity contribution in [2.45, 2.75) is 0 Å². The quantitative estimate of drug-likeness (QED) is 0.204. The first kappa shape index (κ1) is 19.9. The van der Waals surface area contributed by atoms with Crippen molar-refractivity contribution in [2.24, 2.45) is 0 Å². The Morgan fingerprint density at radius 1 is 0.964 bits per heavy atom. The maximum absolute atomic E-state index is 12.2. The largest absolute Gasteiger partial charge is 0.506 e. The van der Waals surface area contributed by atoms with E-state index in [1.54, 1.807) is 36.4 Å². The predicted molar refractivity (Wildman–Crippen MR) is 131 cm³/mol. The third-order valence-electron chi connectivity index (χ3n) is 4.36. The molecule has 140 valence electrons. The number of phenolic OH excluding ortho intramolecular Hbond substituents is 1. The first-order valence-electron chi connectivity index (χ1n) is 7.89. The molecule has 0 saturated carbocycles. The van der Waals surface area contributed by atoms with Crippen molar-refractivity contribution in [3.63, 3.8) is 0 Å². The highest BCUT2D eigenvalue weighted by Crippen LogP contribution is 2.45. The van der Waals surface area contributed by atoms with Gasteiger partial charge in [0.15, 0.2) is 11.0 Å². The van der Waals surface area contributed by atoms with E-state index >= 15 is 0 Å². The van der Waals surface area contributed by atoms with E-state index in [0.717, 1.165) is 0 Å². The van der Waals surface area contributed by atoms with Gasteiger partial charge in [0.05, 0.1) is 16.3 Å². The van der Waals surface area contributed by atoms with E-state index in [-0.39, 0.29) is 16.7 Å². The van der Waals surface area contributed by atoms with E-state index < -0.39 is 5.97 Å². The summed E-state index contributed by atoms with van der Waals surface area (Å²) >= 11 is 5.98. The molecule has 0 bridgehead atoms. The van der Waals surface area contributed by atoms with Crippen LogP contribution in [0, 0.1) is 10.7 Å². The zero-order chi connectivity index (χ0) is 20.2. The standard InChI is InChI=1S/C20H9I3O5/c21-12-5-10-15(7-14(12)24)28-19-11(6-13(22)18(25)17(19)23)16(10)8-3-1-2-4-9(8)20(26)27/h1-7,25H,(H,26,27). The molecule has 1 aliphatic carbocycles. The van der Waals surface area contributed by atoms with Crippen molar-refractivity contribution in [2.75, 3.05) is 0 Å². The number of halogens is 3. The Morgan fingerprint density at radius 3 is 2.39 bits per heavy atom. The highest BCUT2D eigenvalue weighted by atomic mass is 127. The third-order valence-corrected chi connectivity index (χ3v) is 7.03. The number of aromatic hydroxyl groups is 1. The molecule has 0 atom stereocenters. The minimum atomic E-state index is -1.05. The van der Waals surface area contributed by atoms with Gasteiger partial charge in [0.2, 0.25) is 0 Å². The Labute approximate surface area is 199 Å². The van der Waals surface area contributed by atoms with E-state index in [4.69, 9.17) is 4.42 Å². The normalized spacial score (nSPS) is 11.2. The average Bonchev–Trinajstić information content (AvgIpc) is 2.66. The van der Waals surface area contributed by atoms with Crippen LogP contribution in [0.1, 0.15) is 10.4 Å². The molecule has 28 heavy (non-hydrogen) atoms. The minimum Gasteiger partial charge on any atom is -0.506 e. The Bertz CT molecular complexity index is 1310. The zero-order valence-corrected chi connectivity index (χ0v) is 20.3. The lowest BCUT2D eigenvalue weighted by molar-refractivity contribution is 0.0697. The van der Waals surface area contributed by atoms with Crippen LogP contribution in [0.4, 0.5) is 0 Å². The Hall–Kier alpha value is -1.41. The van der Waals surface area contributed by atoms with Gasteiger partial charge >= 0.3 is 5.97 Å². The molecule has 0 radical (unpaired) electrons. The molecule has 1 heterocycles. The number of hydrogen-bond donors (Lipinski definition) is 2. The number of carboxylic acids is 1. The first-order chi connectivity index (χ1) is 13.3. The predicted octanol–water partition coefficient (Wildman–Crippen LogP) is 5.78. The summed E-state index contributed by atoms with van der Waals surface area (Å²) in [7, 11) is 0. The van der Waals surface area contributed by atoms with Gasteiger partial charge in [0, 0.05) is 22.6 Å². The summed E-state index contributed by atoms with van der Waals surface area (Å²) in [6.45, 7) is 0. The van der Waals surface area contributed by atoms with Crippen molar-refractivity contribution >= 4 is 84.7 Å². The Morgan fingerprint density at radius 2 is 1.68 bits per heavy atom. The van der Waals surface area contributed by atoms with Crippen LogP contribution in [0.3, 0.4) is 0 Å². The van der Waals surface area contributed by atoms with Crippen LogP contribution in [-0.4, -0.2) is 16.2 Å². The van der Waals surface area contributed by atoms with Gasteiger partial charge in [-0.25, -0.2) is 4.79 Å². The molecule has 5 nitrogen and oxygen atoms in total. The SMILES string of the molecule is O=C(O)c1ccccc1-c1c2cc(I)c(=O)cc-2oc2c(I)c(O)c(I)cc12. The molecule has 0 aromatic heterocycles. The van der Waals surface area contributed by atoms with Crippen LogP contribution in [0.15, 0.2) is 51.7 Å². The summed E-state index contributed by atoms with van der Waals surface area (Å²) in [4.78, 5) is 24.0. The van der Waals surface area contributed by atoms with E-state index in [1.807, 2.05) is 67.8 Å². The second kappa shape index (κ2) is 7.44. The third kappa shape index (κ3) is 3.18. The highest BCUT2D eigenvalue weighted by molar-refractivity contribution is 14.1. The van der Waals surface area contributed by atoms with Gasteiger partial charge in [0.25, 0.3) is 0 Å². The lowest BCUT2D eigenvalue weighted by atomic mass is 9.91. The van der Waals surface area contributed by atoms with Crippen LogP contribution >= 0.6 is 67.8 Å². The van der Waals surface area contributed by atoms with Crippen LogP contribution in [0.5, 0.6) is 5.75 Å². The molecule has 4 rings (SSSR count). The first-order valence-corrected chi connectivity index (χ1v) is 11.1. The Kier molecular flexibility index (Phi) is 5.29. The molecule has 2 aromatic rings. The number of phenols is 1. The number of carbonyl (C=O) groups is 1. The van der Waals surface area contributed by atoms with E-state index in [0.29, 0.717) is 44.1 Å². The maximum Gasteiger partial charge on any atom is 0.336 e. The van der Waals surface area contributed by atoms with Gasteiger partial charge in [-0.3, -0.25) is 4.79 Å². The van der Waals surface area contributed by atoms with Gasteiger partial charge in [-0.2, -0.15) is 0 Å². The maximum atomic E-state index is 12.2. The minimum absolute atomic E-state index is 0.0853. The molecule has 0 amide bonds. The smallest absolute Gasteiger partial charge is 0.336 e. The van der Waals surface area contributed by atoms with Gasteiger partial charge in [0.1, 0.15) is 11.5 Å². The fraction of sp³-hybridized carbons (Fsp3) is 0. The molecule has 0 fully saturated rings. The molecule has 2 aromatic carbocycles. The summed E-state index contributed by atoms with van der Waals surface area (Å²) in [5.74, 6) is -0.621. The van der Waals surface area contributed by atoms with Crippen molar-refractivity contribution in [1.29, 1.82) is 0 Å². The van der Waals surface area contributed by atoms with Crippen molar-refractivity contribution in [3.8, 4) is 28.2 Å². The number of aromatic carboxylic acids is 1. The number of carboxylic acid groups (broad SMARTS) is 1. The van der Waals surface area contributed by atoms with Gasteiger partial charge in [-0.1, -0.05) is 18.2 Å². The molecular weight excluding hydrogens is 701 g/mol. The van der Waals surface area contributed by atoms with Crippen molar-refractivity contribution in [1.82, 2.24) is 0 Å². The van der Waals surface area contributed by atoms with Gasteiger partial charge < -0.3 is 14.6 Å². The second-order valence-electron chi connectivity index (χ2n) is 6.00. The Balaban J connectivity index is 2.31. The number of rotatable bonds is 2. The highest BCUT2D eigenvalue weighted by Gasteiger charge is 2.24. The number of benzene rings is 3. The van der Waals surface area contributed by atoms with E-state index in [2.05, 4.69) is 0 Å². The fourth-order valence-corrected chi connectivity index (χ4v) is 5.38. The fourth-order valence-electron chi connectivity index (χ4n) is 3.12. The summed E-state index contributed by atoms with van der Waals surface area (Å²) in [5.41, 5.74) is 2.19. The van der Waals surface area contributed by atoms with Crippen LogP contribution in [0.2, 0.25) is 0 Å². The van der Waals surface area contributed by atoms with Crippen molar-refractivity contribution < 1.29 is 19.4 Å². The molecule has 0 saturated heterocycles. The zero-order valence-electron chi connectivity index (χ0n) is 13.8. The molecule has 2 N–H and O–H groups in total. The van der Waals surface area contributed by atoms with Crippen molar-refractivity contribution in [3.05, 3.63) is 69.0 Å². The van der Waals surface area contributed by atoms with Crippen LogP contribution in [0.25, 0.3) is 33.4 Å². The lowest BCUT2D eigenvalue weighted by Crippen LogP contribution is -2.07. The second-order valence-corrected chi connectivity index (χ2v) is 9.41. The van der Waals surface area contributed by atoms with E-state index in [9.17, 15) is 19.8 Å². The molecule has 8 heteroatoms. The van der Waals surface area contributed by atoms with E-state index in [1.165, 1.54) is 6.07 Å². The summed E-state index contributed by atoms with van der Waals surface area (Å²) in [6.07, 6.45) is 0. The number of hydrogen-bond acceptors (Lipinski definition) is 4.